The highest BCUT2D eigenvalue weighted by Crippen LogP contribution is 2.27. The molecule has 0 unspecified atom stereocenters. The second-order valence-electron chi connectivity index (χ2n) is 6.16. The molecule has 1 heterocycles. The second kappa shape index (κ2) is 7.14. The molecule has 3 rings (SSSR count). The summed E-state index contributed by atoms with van der Waals surface area (Å²) in [4.78, 5) is 16.6. The number of urea groups is 1. The lowest BCUT2D eigenvalue weighted by atomic mass is 10.1. The first-order chi connectivity index (χ1) is 11.5. The molecule has 1 aliphatic rings. The van der Waals surface area contributed by atoms with Gasteiger partial charge in [0.25, 0.3) is 0 Å². The van der Waals surface area contributed by atoms with E-state index in [1.807, 2.05) is 55.1 Å². The van der Waals surface area contributed by atoms with Crippen molar-refractivity contribution >= 4 is 29.0 Å². The number of nitrogens with one attached hydrogen (secondary N) is 1. The van der Waals surface area contributed by atoms with Crippen molar-refractivity contribution in [1.29, 1.82) is 0 Å². The molecule has 0 radical (unpaired) electrons. The zero-order chi connectivity index (χ0) is 17.1. The van der Waals surface area contributed by atoms with Crippen LogP contribution in [0.3, 0.4) is 0 Å². The van der Waals surface area contributed by atoms with Crippen molar-refractivity contribution in [2.24, 2.45) is 0 Å². The summed E-state index contributed by atoms with van der Waals surface area (Å²) in [5, 5.41) is 3.76. The van der Waals surface area contributed by atoms with Gasteiger partial charge in [0.2, 0.25) is 0 Å². The summed E-state index contributed by atoms with van der Waals surface area (Å²) >= 11 is 6.21. The molecule has 126 valence electrons. The molecule has 1 N–H and O–H groups in total. The predicted molar refractivity (Wildman–Crippen MR) is 100 cm³/mol. The molecular formula is C19H22ClN3O. The monoisotopic (exact) mass is 343 g/mol. The summed E-state index contributed by atoms with van der Waals surface area (Å²) in [5.74, 6) is 0. The van der Waals surface area contributed by atoms with E-state index >= 15 is 0 Å². The van der Waals surface area contributed by atoms with Crippen LogP contribution in [0.1, 0.15) is 11.1 Å². The SMILES string of the molecule is Cc1cccc(NC(=O)N2CCN(c3cccc(Cl)c3C)CC2)c1. The summed E-state index contributed by atoms with van der Waals surface area (Å²) in [6.45, 7) is 7.06. The van der Waals surface area contributed by atoms with Gasteiger partial charge in [-0.15, -0.1) is 0 Å². The smallest absolute Gasteiger partial charge is 0.321 e. The summed E-state index contributed by atoms with van der Waals surface area (Å²) in [5.41, 5.74) is 4.22. The Bertz CT molecular complexity index is 739. The number of carbonyl (C=O) groups excluding carboxylic acids is 1. The molecule has 2 aromatic rings. The van der Waals surface area contributed by atoms with Crippen molar-refractivity contribution in [3.8, 4) is 0 Å². The first-order valence-electron chi connectivity index (χ1n) is 8.17. The fourth-order valence-electron chi connectivity index (χ4n) is 3.01. The van der Waals surface area contributed by atoms with Crippen LogP contribution in [0.2, 0.25) is 5.02 Å². The number of benzene rings is 2. The van der Waals surface area contributed by atoms with Crippen LogP contribution in [0.25, 0.3) is 0 Å². The van der Waals surface area contributed by atoms with E-state index in [0.717, 1.165) is 40.6 Å². The topological polar surface area (TPSA) is 35.6 Å². The largest absolute Gasteiger partial charge is 0.368 e. The number of anilines is 2. The molecule has 0 atom stereocenters. The number of hydrogen-bond donors (Lipinski definition) is 1. The Labute approximate surface area is 148 Å². The van der Waals surface area contributed by atoms with Crippen LogP contribution in [0.4, 0.5) is 16.2 Å². The lowest BCUT2D eigenvalue weighted by Gasteiger charge is -2.36. The fraction of sp³-hybridized carbons (Fsp3) is 0.316. The average Bonchev–Trinajstić information content (AvgIpc) is 2.57. The summed E-state index contributed by atoms with van der Waals surface area (Å²) in [7, 11) is 0. The standard InChI is InChI=1S/C19H22ClN3O/c1-14-5-3-6-16(13-14)21-19(24)23-11-9-22(10-12-23)18-8-4-7-17(20)15(18)2/h3-8,13H,9-12H2,1-2H3,(H,21,24). The average molecular weight is 344 g/mol. The number of piperazine rings is 1. The van der Waals surface area contributed by atoms with E-state index in [4.69, 9.17) is 11.6 Å². The summed E-state index contributed by atoms with van der Waals surface area (Å²) in [6, 6.07) is 13.8. The van der Waals surface area contributed by atoms with Gasteiger partial charge >= 0.3 is 6.03 Å². The molecule has 0 saturated carbocycles. The van der Waals surface area contributed by atoms with E-state index in [1.54, 1.807) is 0 Å². The molecule has 1 aliphatic heterocycles. The van der Waals surface area contributed by atoms with Crippen molar-refractivity contribution < 1.29 is 4.79 Å². The van der Waals surface area contributed by atoms with Gasteiger partial charge in [0.1, 0.15) is 0 Å². The molecule has 4 nitrogen and oxygen atoms in total. The number of rotatable bonds is 2. The Morgan fingerprint density at radius 3 is 2.46 bits per heavy atom. The van der Waals surface area contributed by atoms with Gasteiger partial charge in [-0.3, -0.25) is 0 Å². The Morgan fingerprint density at radius 1 is 1.04 bits per heavy atom. The molecular weight excluding hydrogens is 322 g/mol. The van der Waals surface area contributed by atoms with Crippen molar-refractivity contribution in [2.45, 2.75) is 13.8 Å². The highest BCUT2D eigenvalue weighted by atomic mass is 35.5. The molecule has 1 saturated heterocycles. The number of hydrogen-bond acceptors (Lipinski definition) is 2. The maximum absolute atomic E-state index is 12.4. The number of nitrogens with zero attached hydrogens (tertiary/aromatic N) is 2. The third kappa shape index (κ3) is 3.65. The minimum Gasteiger partial charge on any atom is -0.368 e. The van der Waals surface area contributed by atoms with Gasteiger partial charge in [-0.05, 0) is 49.2 Å². The molecule has 24 heavy (non-hydrogen) atoms. The molecule has 5 heteroatoms. The van der Waals surface area contributed by atoms with Gasteiger partial charge in [-0.25, -0.2) is 4.79 Å². The minimum absolute atomic E-state index is 0.0388. The van der Waals surface area contributed by atoms with Gasteiger partial charge in [0, 0.05) is 42.6 Å². The van der Waals surface area contributed by atoms with Gasteiger partial charge in [0.05, 0.1) is 0 Å². The maximum atomic E-state index is 12.4. The quantitative estimate of drug-likeness (QED) is 0.881. The van der Waals surface area contributed by atoms with Gasteiger partial charge in [-0.2, -0.15) is 0 Å². The Hall–Kier alpha value is -2.20. The fourth-order valence-corrected chi connectivity index (χ4v) is 3.18. The van der Waals surface area contributed by atoms with Crippen molar-refractivity contribution in [2.75, 3.05) is 36.4 Å². The number of carbonyl (C=O) groups is 1. The van der Waals surface area contributed by atoms with Crippen molar-refractivity contribution in [3.63, 3.8) is 0 Å². The van der Waals surface area contributed by atoms with Crippen LogP contribution in [0.5, 0.6) is 0 Å². The Morgan fingerprint density at radius 2 is 1.75 bits per heavy atom. The number of amides is 2. The predicted octanol–water partition coefficient (Wildman–Crippen LogP) is 4.31. The molecule has 2 amide bonds. The van der Waals surface area contributed by atoms with Crippen LogP contribution in [-0.2, 0) is 0 Å². The summed E-state index contributed by atoms with van der Waals surface area (Å²) < 4.78 is 0. The minimum atomic E-state index is -0.0388. The molecule has 0 aliphatic carbocycles. The molecule has 0 spiro atoms. The Balaban J connectivity index is 1.60. The molecule has 2 aromatic carbocycles. The van der Waals surface area contributed by atoms with Crippen molar-refractivity contribution in [1.82, 2.24) is 4.90 Å². The number of aryl methyl sites for hydroxylation is 1. The molecule has 1 fully saturated rings. The maximum Gasteiger partial charge on any atom is 0.321 e. The van der Waals surface area contributed by atoms with E-state index < -0.39 is 0 Å². The van der Waals surface area contributed by atoms with E-state index in [-0.39, 0.29) is 6.03 Å². The summed E-state index contributed by atoms with van der Waals surface area (Å²) in [6.07, 6.45) is 0. The van der Waals surface area contributed by atoms with Crippen LogP contribution >= 0.6 is 11.6 Å². The lowest BCUT2D eigenvalue weighted by Crippen LogP contribution is -2.50. The lowest BCUT2D eigenvalue weighted by molar-refractivity contribution is 0.208. The first-order valence-corrected chi connectivity index (χ1v) is 8.55. The zero-order valence-electron chi connectivity index (χ0n) is 14.1. The third-order valence-electron chi connectivity index (χ3n) is 4.42. The van der Waals surface area contributed by atoms with E-state index in [9.17, 15) is 4.79 Å². The van der Waals surface area contributed by atoms with Gasteiger partial charge in [-0.1, -0.05) is 29.8 Å². The zero-order valence-corrected chi connectivity index (χ0v) is 14.8. The van der Waals surface area contributed by atoms with Crippen LogP contribution in [0.15, 0.2) is 42.5 Å². The molecule has 0 aromatic heterocycles. The van der Waals surface area contributed by atoms with Gasteiger partial charge < -0.3 is 15.1 Å². The highest BCUT2D eigenvalue weighted by Gasteiger charge is 2.22. The van der Waals surface area contributed by atoms with Crippen LogP contribution in [0, 0.1) is 13.8 Å². The Kier molecular flexibility index (Phi) is 4.95. The number of halogens is 1. The van der Waals surface area contributed by atoms with Crippen LogP contribution < -0.4 is 10.2 Å². The first kappa shape index (κ1) is 16.7. The van der Waals surface area contributed by atoms with Crippen molar-refractivity contribution in [3.05, 3.63) is 58.6 Å². The van der Waals surface area contributed by atoms with E-state index in [1.165, 1.54) is 0 Å². The van der Waals surface area contributed by atoms with Crippen LogP contribution in [-0.4, -0.2) is 37.1 Å². The second-order valence-corrected chi connectivity index (χ2v) is 6.56. The molecule has 0 bridgehead atoms. The van der Waals surface area contributed by atoms with E-state index in [0.29, 0.717) is 13.1 Å². The van der Waals surface area contributed by atoms with Gasteiger partial charge in [0.15, 0.2) is 0 Å². The normalized spacial score (nSPS) is 14.6. The highest BCUT2D eigenvalue weighted by molar-refractivity contribution is 6.31. The van der Waals surface area contributed by atoms with E-state index in [2.05, 4.69) is 16.3 Å². The third-order valence-corrected chi connectivity index (χ3v) is 4.83.